The number of hydrogen-bond donors (Lipinski definition) is 0. The summed E-state index contributed by atoms with van der Waals surface area (Å²) in [5.41, 5.74) is 0. The lowest BCUT2D eigenvalue weighted by atomic mass is 9.81. The fourth-order valence-electron chi connectivity index (χ4n) is 2.03. The first-order valence-electron chi connectivity index (χ1n) is 5.50. The van der Waals surface area contributed by atoms with Crippen LogP contribution in [0.5, 0.6) is 0 Å². The van der Waals surface area contributed by atoms with Gasteiger partial charge in [-0.25, -0.2) is 0 Å². The molecular weight excluding hydrogens is 176 g/mol. The lowest BCUT2D eigenvalue weighted by Crippen LogP contribution is -2.18. The Morgan fingerprint density at radius 3 is 1.29 bits per heavy atom. The first-order chi connectivity index (χ1) is 6.51. The number of carbonyl (C=O) groups is 2. The fraction of sp³-hybridized carbons (Fsp3) is 0.833. The van der Waals surface area contributed by atoms with Crippen molar-refractivity contribution in [3.05, 3.63) is 0 Å². The number of carbonyl (C=O) groups excluding carboxylic acids is 2. The van der Waals surface area contributed by atoms with Crippen LogP contribution in [0.15, 0.2) is 0 Å². The van der Waals surface area contributed by atoms with Crippen molar-refractivity contribution in [2.75, 3.05) is 0 Å². The van der Waals surface area contributed by atoms with E-state index in [-0.39, 0.29) is 11.6 Å². The second-order valence-corrected chi connectivity index (χ2v) is 4.15. The third-order valence-electron chi connectivity index (χ3n) is 2.81. The minimum absolute atomic E-state index is 0.235. The van der Waals surface area contributed by atoms with Crippen LogP contribution in [-0.4, -0.2) is 11.6 Å². The van der Waals surface area contributed by atoms with Crippen LogP contribution in [0.2, 0.25) is 0 Å². The largest absolute Gasteiger partial charge is 0.300 e. The Labute approximate surface area is 87.1 Å². The van der Waals surface area contributed by atoms with E-state index < -0.39 is 0 Å². The molecule has 0 aliphatic heterocycles. The number of hydrogen-bond acceptors (Lipinski definition) is 2. The summed E-state index contributed by atoms with van der Waals surface area (Å²) in [5.74, 6) is 1.25. The van der Waals surface area contributed by atoms with Crippen molar-refractivity contribution in [1.82, 2.24) is 0 Å². The van der Waals surface area contributed by atoms with Gasteiger partial charge in [0.2, 0.25) is 0 Å². The van der Waals surface area contributed by atoms with Crippen LogP contribution in [0, 0.1) is 11.8 Å². The third kappa shape index (κ3) is 5.15. The van der Waals surface area contributed by atoms with Crippen LogP contribution in [0.1, 0.15) is 53.4 Å². The number of Topliss-reactive ketones (excluding diaryl/α,β-unsaturated/α-hetero) is 2. The van der Waals surface area contributed by atoms with E-state index in [2.05, 4.69) is 13.8 Å². The molecule has 14 heavy (non-hydrogen) atoms. The average Bonchev–Trinajstić information content (AvgIpc) is 2.10. The highest BCUT2D eigenvalue weighted by Gasteiger charge is 2.20. The van der Waals surface area contributed by atoms with E-state index in [0.717, 1.165) is 12.8 Å². The highest BCUT2D eigenvalue weighted by atomic mass is 16.1. The van der Waals surface area contributed by atoms with Crippen molar-refractivity contribution < 1.29 is 9.59 Å². The van der Waals surface area contributed by atoms with Gasteiger partial charge in [-0.1, -0.05) is 26.7 Å². The maximum atomic E-state index is 11.0. The molecule has 0 amide bonds. The van der Waals surface area contributed by atoms with Crippen LogP contribution in [0.3, 0.4) is 0 Å². The standard InChI is InChI=1S/C12H22O2/c1-5-11(7-9(3)13)12(6-2)8-10(4)14/h11-12H,5-8H2,1-4H3. The smallest absolute Gasteiger partial charge is 0.130 e. The zero-order chi connectivity index (χ0) is 11.1. The van der Waals surface area contributed by atoms with E-state index in [1.807, 2.05) is 0 Å². The van der Waals surface area contributed by atoms with Gasteiger partial charge >= 0.3 is 0 Å². The first-order valence-corrected chi connectivity index (χ1v) is 5.50. The Balaban J connectivity index is 4.28. The molecule has 0 aromatic rings. The van der Waals surface area contributed by atoms with Crippen LogP contribution in [-0.2, 0) is 9.59 Å². The third-order valence-corrected chi connectivity index (χ3v) is 2.81. The lowest BCUT2D eigenvalue weighted by molar-refractivity contribution is -0.121. The minimum atomic E-state index is 0.235. The van der Waals surface area contributed by atoms with E-state index in [1.54, 1.807) is 13.8 Å². The van der Waals surface area contributed by atoms with E-state index in [4.69, 9.17) is 0 Å². The fourth-order valence-corrected chi connectivity index (χ4v) is 2.03. The van der Waals surface area contributed by atoms with E-state index in [1.165, 1.54) is 0 Å². The summed E-state index contributed by atoms with van der Waals surface area (Å²) in [4.78, 5) is 22.1. The molecule has 2 nitrogen and oxygen atoms in total. The Morgan fingerprint density at radius 1 is 0.857 bits per heavy atom. The normalized spacial score (nSPS) is 14.9. The lowest BCUT2D eigenvalue weighted by Gasteiger charge is -2.23. The highest BCUT2D eigenvalue weighted by molar-refractivity contribution is 5.77. The Kier molecular flexibility index (Phi) is 6.43. The van der Waals surface area contributed by atoms with Gasteiger partial charge in [0.05, 0.1) is 0 Å². The van der Waals surface area contributed by atoms with Gasteiger partial charge in [0.15, 0.2) is 0 Å². The van der Waals surface area contributed by atoms with Crippen molar-refractivity contribution >= 4 is 11.6 Å². The molecule has 0 aliphatic rings. The van der Waals surface area contributed by atoms with Gasteiger partial charge in [0.25, 0.3) is 0 Å². The summed E-state index contributed by atoms with van der Waals surface area (Å²) in [6.45, 7) is 7.44. The molecule has 0 radical (unpaired) electrons. The number of rotatable bonds is 7. The zero-order valence-electron chi connectivity index (χ0n) is 9.80. The monoisotopic (exact) mass is 198 g/mol. The maximum absolute atomic E-state index is 11.0. The summed E-state index contributed by atoms with van der Waals surface area (Å²) in [5, 5.41) is 0. The highest BCUT2D eigenvalue weighted by Crippen LogP contribution is 2.26. The summed E-state index contributed by atoms with van der Waals surface area (Å²) >= 11 is 0. The molecule has 2 unspecified atom stereocenters. The molecule has 0 N–H and O–H groups in total. The predicted molar refractivity (Wildman–Crippen MR) is 58.2 cm³/mol. The average molecular weight is 198 g/mol. The summed E-state index contributed by atoms with van der Waals surface area (Å²) in [7, 11) is 0. The molecule has 2 heteroatoms. The molecule has 0 bridgehead atoms. The van der Waals surface area contributed by atoms with Crippen LogP contribution in [0.25, 0.3) is 0 Å². The molecule has 0 saturated heterocycles. The molecule has 0 aromatic carbocycles. The van der Waals surface area contributed by atoms with Crippen molar-refractivity contribution in [3.8, 4) is 0 Å². The van der Waals surface area contributed by atoms with Crippen molar-refractivity contribution in [2.24, 2.45) is 11.8 Å². The van der Waals surface area contributed by atoms with Gasteiger partial charge in [-0.3, -0.25) is 0 Å². The Hall–Kier alpha value is -0.660. The molecule has 0 heterocycles. The van der Waals surface area contributed by atoms with Crippen LogP contribution in [0.4, 0.5) is 0 Å². The maximum Gasteiger partial charge on any atom is 0.130 e. The molecule has 2 atom stereocenters. The SMILES string of the molecule is CCC(CC(C)=O)C(CC)CC(C)=O. The Bertz CT molecular complexity index is 174. The van der Waals surface area contributed by atoms with Crippen molar-refractivity contribution in [3.63, 3.8) is 0 Å². The summed E-state index contributed by atoms with van der Waals surface area (Å²) in [6.07, 6.45) is 3.24. The quantitative estimate of drug-likeness (QED) is 0.630. The summed E-state index contributed by atoms with van der Waals surface area (Å²) < 4.78 is 0. The minimum Gasteiger partial charge on any atom is -0.300 e. The van der Waals surface area contributed by atoms with Gasteiger partial charge in [-0.15, -0.1) is 0 Å². The zero-order valence-corrected chi connectivity index (χ0v) is 9.80. The van der Waals surface area contributed by atoms with E-state index in [0.29, 0.717) is 24.7 Å². The van der Waals surface area contributed by atoms with Crippen LogP contribution < -0.4 is 0 Å². The van der Waals surface area contributed by atoms with E-state index in [9.17, 15) is 9.59 Å². The molecule has 0 spiro atoms. The molecular formula is C12H22O2. The van der Waals surface area contributed by atoms with Crippen LogP contribution >= 0.6 is 0 Å². The second kappa shape index (κ2) is 6.74. The summed E-state index contributed by atoms with van der Waals surface area (Å²) in [6, 6.07) is 0. The topological polar surface area (TPSA) is 34.1 Å². The molecule has 0 fully saturated rings. The molecule has 0 aromatic heterocycles. The van der Waals surface area contributed by atoms with Gasteiger partial charge in [-0.2, -0.15) is 0 Å². The first kappa shape index (κ1) is 13.3. The molecule has 0 rings (SSSR count). The number of ketones is 2. The molecule has 0 aliphatic carbocycles. The van der Waals surface area contributed by atoms with Gasteiger partial charge in [-0.05, 0) is 25.7 Å². The Morgan fingerprint density at radius 2 is 1.14 bits per heavy atom. The van der Waals surface area contributed by atoms with Gasteiger partial charge in [0, 0.05) is 12.8 Å². The van der Waals surface area contributed by atoms with Crippen molar-refractivity contribution in [2.45, 2.75) is 53.4 Å². The molecule has 82 valence electrons. The molecule has 0 saturated carbocycles. The van der Waals surface area contributed by atoms with Crippen molar-refractivity contribution in [1.29, 1.82) is 0 Å². The van der Waals surface area contributed by atoms with E-state index >= 15 is 0 Å². The predicted octanol–water partition coefficient (Wildman–Crippen LogP) is 3.00. The second-order valence-electron chi connectivity index (χ2n) is 4.15. The van der Waals surface area contributed by atoms with Gasteiger partial charge in [0.1, 0.15) is 11.6 Å². The van der Waals surface area contributed by atoms with Gasteiger partial charge < -0.3 is 9.59 Å².